The van der Waals surface area contributed by atoms with E-state index in [1.54, 1.807) is 22.7 Å². The number of amides is 1. The average Bonchev–Trinajstić information content (AvgIpc) is 3.17. The molecule has 28 heavy (non-hydrogen) atoms. The molecule has 140 valence electrons. The summed E-state index contributed by atoms with van der Waals surface area (Å²) in [6, 6.07) is 13.3. The molecule has 0 aliphatic rings. The SMILES string of the molecule is CCc1nnc(-c2nnc3c(C(N)=O)cccn23)nc1NCc1ccccc1. The minimum Gasteiger partial charge on any atom is -0.365 e. The van der Waals surface area contributed by atoms with Gasteiger partial charge in [-0.3, -0.25) is 9.20 Å². The number of aromatic nitrogens is 6. The number of carbonyl (C=O) groups excluding carboxylic acids is 1. The van der Waals surface area contributed by atoms with Gasteiger partial charge in [-0.15, -0.1) is 20.4 Å². The number of nitrogens with two attached hydrogens (primary N) is 1. The van der Waals surface area contributed by atoms with Crippen LogP contribution in [0.2, 0.25) is 0 Å². The van der Waals surface area contributed by atoms with Gasteiger partial charge in [-0.25, -0.2) is 4.98 Å². The van der Waals surface area contributed by atoms with Crippen molar-refractivity contribution in [1.82, 2.24) is 29.8 Å². The van der Waals surface area contributed by atoms with Crippen molar-refractivity contribution in [2.75, 3.05) is 5.32 Å². The maximum atomic E-state index is 11.6. The monoisotopic (exact) mass is 374 g/mol. The molecule has 0 spiro atoms. The van der Waals surface area contributed by atoms with Crippen LogP contribution in [0.25, 0.3) is 17.3 Å². The van der Waals surface area contributed by atoms with Crippen molar-refractivity contribution in [3.63, 3.8) is 0 Å². The second kappa shape index (κ2) is 7.39. The molecule has 3 N–H and O–H groups in total. The van der Waals surface area contributed by atoms with Gasteiger partial charge in [0.25, 0.3) is 5.91 Å². The molecule has 3 heterocycles. The smallest absolute Gasteiger partial charge is 0.252 e. The Morgan fingerprint density at radius 1 is 1.07 bits per heavy atom. The van der Waals surface area contributed by atoms with Crippen molar-refractivity contribution >= 4 is 17.4 Å². The largest absolute Gasteiger partial charge is 0.365 e. The molecule has 1 aromatic carbocycles. The fourth-order valence-electron chi connectivity index (χ4n) is 2.86. The van der Waals surface area contributed by atoms with E-state index < -0.39 is 5.91 Å². The third-order valence-electron chi connectivity index (χ3n) is 4.29. The van der Waals surface area contributed by atoms with Gasteiger partial charge in [0.15, 0.2) is 11.5 Å². The highest BCUT2D eigenvalue weighted by atomic mass is 16.1. The number of aryl methyl sites for hydroxylation is 1. The van der Waals surface area contributed by atoms with Crippen LogP contribution in [0.3, 0.4) is 0 Å². The molecular weight excluding hydrogens is 356 g/mol. The van der Waals surface area contributed by atoms with Gasteiger partial charge in [0.05, 0.1) is 5.56 Å². The molecular formula is C19H18N8O. The maximum absolute atomic E-state index is 11.6. The van der Waals surface area contributed by atoms with E-state index in [4.69, 9.17) is 5.73 Å². The number of pyridine rings is 1. The molecule has 0 saturated heterocycles. The molecule has 0 unspecified atom stereocenters. The Hall–Kier alpha value is -3.88. The van der Waals surface area contributed by atoms with E-state index in [1.807, 2.05) is 37.3 Å². The predicted octanol–water partition coefficient (Wildman–Crippen LogP) is 1.85. The van der Waals surface area contributed by atoms with E-state index >= 15 is 0 Å². The Morgan fingerprint density at radius 2 is 1.89 bits per heavy atom. The lowest BCUT2D eigenvalue weighted by atomic mass is 10.2. The van der Waals surface area contributed by atoms with Gasteiger partial charge in [0.1, 0.15) is 5.69 Å². The van der Waals surface area contributed by atoms with Crippen molar-refractivity contribution in [1.29, 1.82) is 0 Å². The summed E-state index contributed by atoms with van der Waals surface area (Å²) in [6.45, 7) is 2.60. The molecule has 4 aromatic rings. The lowest BCUT2D eigenvalue weighted by molar-refractivity contribution is 0.100. The number of hydrogen-bond donors (Lipinski definition) is 2. The van der Waals surface area contributed by atoms with Crippen molar-refractivity contribution in [3.05, 3.63) is 65.5 Å². The molecule has 0 fully saturated rings. The number of nitrogens with one attached hydrogen (secondary N) is 1. The van der Waals surface area contributed by atoms with Crippen molar-refractivity contribution in [3.8, 4) is 11.6 Å². The van der Waals surface area contributed by atoms with Gasteiger partial charge in [0, 0.05) is 12.7 Å². The van der Waals surface area contributed by atoms with E-state index in [-0.39, 0.29) is 5.56 Å². The van der Waals surface area contributed by atoms with Gasteiger partial charge in [-0.2, -0.15) is 0 Å². The number of fused-ring (bicyclic) bond motifs is 1. The van der Waals surface area contributed by atoms with Crippen LogP contribution >= 0.6 is 0 Å². The molecule has 9 heteroatoms. The van der Waals surface area contributed by atoms with Gasteiger partial charge in [-0.1, -0.05) is 37.3 Å². The van der Waals surface area contributed by atoms with E-state index in [2.05, 4.69) is 30.7 Å². The van der Waals surface area contributed by atoms with Crippen LogP contribution in [-0.4, -0.2) is 35.7 Å². The van der Waals surface area contributed by atoms with E-state index in [9.17, 15) is 4.79 Å². The molecule has 0 aliphatic carbocycles. The van der Waals surface area contributed by atoms with Gasteiger partial charge >= 0.3 is 0 Å². The number of primary amides is 1. The average molecular weight is 374 g/mol. The normalized spacial score (nSPS) is 10.9. The first-order valence-electron chi connectivity index (χ1n) is 8.82. The zero-order chi connectivity index (χ0) is 19.5. The summed E-state index contributed by atoms with van der Waals surface area (Å²) in [5, 5.41) is 20.0. The molecule has 0 bridgehead atoms. The van der Waals surface area contributed by atoms with Crippen molar-refractivity contribution < 1.29 is 4.79 Å². The molecule has 0 radical (unpaired) electrons. The van der Waals surface area contributed by atoms with Crippen molar-refractivity contribution in [2.24, 2.45) is 5.73 Å². The fourth-order valence-corrected chi connectivity index (χ4v) is 2.86. The minimum absolute atomic E-state index is 0.279. The van der Waals surface area contributed by atoms with E-state index in [1.165, 1.54) is 0 Å². The third-order valence-corrected chi connectivity index (χ3v) is 4.29. The first-order chi connectivity index (χ1) is 13.7. The Labute approximate surface area is 160 Å². The lowest BCUT2D eigenvalue weighted by Gasteiger charge is -2.10. The third kappa shape index (κ3) is 3.25. The highest BCUT2D eigenvalue weighted by molar-refractivity contribution is 5.98. The topological polar surface area (TPSA) is 124 Å². The van der Waals surface area contributed by atoms with Crippen LogP contribution in [-0.2, 0) is 13.0 Å². The minimum atomic E-state index is -0.574. The second-order valence-corrected chi connectivity index (χ2v) is 6.13. The zero-order valence-corrected chi connectivity index (χ0v) is 15.2. The van der Waals surface area contributed by atoms with Crippen LogP contribution in [0.5, 0.6) is 0 Å². The summed E-state index contributed by atoms with van der Waals surface area (Å²) in [7, 11) is 0. The highest BCUT2D eigenvalue weighted by Gasteiger charge is 2.17. The molecule has 4 rings (SSSR count). The summed E-state index contributed by atoms with van der Waals surface area (Å²) < 4.78 is 1.63. The first-order valence-corrected chi connectivity index (χ1v) is 8.82. The first kappa shape index (κ1) is 17.5. The van der Waals surface area contributed by atoms with Crippen LogP contribution in [0.1, 0.15) is 28.5 Å². The van der Waals surface area contributed by atoms with Gasteiger partial charge in [0.2, 0.25) is 11.6 Å². The number of carbonyl (C=O) groups is 1. The molecule has 9 nitrogen and oxygen atoms in total. The van der Waals surface area contributed by atoms with Gasteiger partial charge < -0.3 is 11.1 Å². The lowest BCUT2D eigenvalue weighted by Crippen LogP contribution is -2.13. The zero-order valence-electron chi connectivity index (χ0n) is 15.2. The standard InChI is InChI=1S/C19H18N8O/c1-2-14-16(21-11-12-7-4-3-5-8-12)22-17(24-23-14)19-26-25-18-13(15(20)28)9-6-10-27(18)19/h3-10H,2,11H2,1H3,(H2,20,28)(H,21,22,24). The summed E-state index contributed by atoms with van der Waals surface area (Å²) in [5.74, 6) is 0.757. The quantitative estimate of drug-likeness (QED) is 0.528. The summed E-state index contributed by atoms with van der Waals surface area (Å²) in [6.07, 6.45) is 2.41. The Kier molecular flexibility index (Phi) is 4.63. The van der Waals surface area contributed by atoms with Crippen LogP contribution in [0.4, 0.5) is 5.82 Å². The number of benzene rings is 1. The summed E-state index contributed by atoms with van der Waals surface area (Å²) in [4.78, 5) is 16.2. The molecule has 0 atom stereocenters. The molecule has 0 saturated carbocycles. The number of rotatable bonds is 6. The number of nitrogens with zero attached hydrogens (tertiary/aromatic N) is 6. The van der Waals surface area contributed by atoms with Gasteiger partial charge in [-0.05, 0) is 24.1 Å². The Morgan fingerprint density at radius 3 is 2.64 bits per heavy atom. The second-order valence-electron chi connectivity index (χ2n) is 6.13. The Balaban J connectivity index is 1.72. The van der Waals surface area contributed by atoms with Crippen LogP contribution in [0, 0.1) is 0 Å². The van der Waals surface area contributed by atoms with E-state index in [0.29, 0.717) is 36.1 Å². The summed E-state index contributed by atoms with van der Waals surface area (Å²) in [5.41, 5.74) is 7.93. The fraction of sp³-hybridized carbons (Fsp3) is 0.158. The number of anilines is 1. The summed E-state index contributed by atoms with van der Waals surface area (Å²) >= 11 is 0. The van der Waals surface area contributed by atoms with Crippen LogP contribution < -0.4 is 11.1 Å². The molecule has 3 aromatic heterocycles. The van der Waals surface area contributed by atoms with Crippen LogP contribution in [0.15, 0.2) is 48.7 Å². The molecule has 1 amide bonds. The predicted molar refractivity (Wildman–Crippen MR) is 103 cm³/mol. The Bertz CT molecular complexity index is 1140. The highest BCUT2D eigenvalue weighted by Crippen LogP contribution is 2.19. The maximum Gasteiger partial charge on any atom is 0.252 e. The van der Waals surface area contributed by atoms with E-state index in [0.717, 1.165) is 11.3 Å². The number of hydrogen-bond acceptors (Lipinski definition) is 7. The molecule has 0 aliphatic heterocycles. The van der Waals surface area contributed by atoms with Crippen molar-refractivity contribution in [2.45, 2.75) is 19.9 Å².